The number of hydrogen-bond donors (Lipinski definition) is 3. The predicted molar refractivity (Wildman–Crippen MR) is 126 cm³/mol. The molecule has 0 atom stereocenters. The maximum Gasteiger partial charge on any atom is 0.268 e. The second kappa shape index (κ2) is 8.80. The third kappa shape index (κ3) is 4.20. The van der Waals surface area contributed by atoms with Crippen LogP contribution in [-0.2, 0) is 0 Å². The monoisotopic (exact) mass is 429 g/mol. The van der Waals surface area contributed by atoms with Crippen LogP contribution in [0.1, 0.15) is 37.7 Å². The van der Waals surface area contributed by atoms with Crippen molar-refractivity contribution in [2.75, 3.05) is 27.2 Å². The van der Waals surface area contributed by atoms with Gasteiger partial charge in [-0.3, -0.25) is 9.59 Å². The topological polar surface area (TPSA) is 93.9 Å². The van der Waals surface area contributed by atoms with Gasteiger partial charge in [-0.2, -0.15) is 0 Å². The average molecular weight is 430 g/mol. The molecule has 0 radical (unpaired) electrons. The molecule has 3 N–H and O–H groups in total. The lowest BCUT2D eigenvalue weighted by atomic mass is 10.0. The van der Waals surface area contributed by atoms with Gasteiger partial charge in [0, 0.05) is 35.5 Å². The smallest absolute Gasteiger partial charge is 0.268 e. The Bertz CT molecular complexity index is 1280. The number of H-pyrrole nitrogens is 2. The maximum absolute atomic E-state index is 12.8. The first-order valence-corrected chi connectivity index (χ1v) is 10.6. The van der Waals surface area contributed by atoms with Crippen molar-refractivity contribution < 1.29 is 9.59 Å². The van der Waals surface area contributed by atoms with Crippen LogP contribution in [0.2, 0.25) is 0 Å². The third-order valence-corrected chi connectivity index (χ3v) is 5.53. The molecular formula is C25H27N5O2. The van der Waals surface area contributed by atoms with Gasteiger partial charge in [0.05, 0.1) is 11.0 Å². The number of carbonyl (C=O) groups excluding carboxylic acids is 2. The SMILES string of the molecule is Cc1[nH]c(C(=O)NCCN(C)C)c(C)c1-c1nc2ccc(C(=O)c3ccccc3)cc2[nH]1. The molecule has 0 aliphatic heterocycles. The molecule has 0 bridgehead atoms. The van der Waals surface area contributed by atoms with Crippen molar-refractivity contribution >= 4 is 22.7 Å². The van der Waals surface area contributed by atoms with Crippen LogP contribution in [0, 0.1) is 13.8 Å². The highest BCUT2D eigenvalue weighted by Gasteiger charge is 2.21. The summed E-state index contributed by atoms with van der Waals surface area (Å²) >= 11 is 0. The summed E-state index contributed by atoms with van der Waals surface area (Å²) in [5.74, 6) is 0.503. The Balaban J connectivity index is 1.63. The zero-order chi connectivity index (χ0) is 22.8. The lowest BCUT2D eigenvalue weighted by Crippen LogP contribution is -2.31. The summed E-state index contributed by atoms with van der Waals surface area (Å²) in [7, 11) is 3.93. The number of rotatable bonds is 7. The van der Waals surface area contributed by atoms with Gasteiger partial charge in [-0.25, -0.2) is 4.98 Å². The molecule has 32 heavy (non-hydrogen) atoms. The first-order valence-electron chi connectivity index (χ1n) is 10.6. The van der Waals surface area contributed by atoms with Gasteiger partial charge in [0.15, 0.2) is 5.78 Å². The Morgan fingerprint density at radius 1 is 1.00 bits per heavy atom. The van der Waals surface area contributed by atoms with E-state index in [0.29, 0.717) is 29.2 Å². The zero-order valence-corrected chi connectivity index (χ0v) is 18.7. The largest absolute Gasteiger partial charge is 0.354 e. The minimum absolute atomic E-state index is 0.0330. The van der Waals surface area contributed by atoms with Crippen molar-refractivity contribution in [3.63, 3.8) is 0 Å². The molecule has 0 aliphatic carbocycles. The lowest BCUT2D eigenvalue weighted by molar-refractivity contribution is 0.0945. The molecule has 1 amide bonds. The van der Waals surface area contributed by atoms with Crippen molar-refractivity contribution in [2.24, 2.45) is 0 Å². The van der Waals surface area contributed by atoms with Crippen molar-refractivity contribution in [3.05, 3.63) is 76.6 Å². The van der Waals surface area contributed by atoms with Crippen molar-refractivity contribution in [1.82, 2.24) is 25.2 Å². The van der Waals surface area contributed by atoms with E-state index in [1.807, 2.05) is 75.3 Å². The number of nitrogens with one attached hydrogen (secondary N) is 3. The van der Waals surface area contributed by atoms with Gasteiger partial charge in [0.1, 0.15) is 11.5 Å². The van der Waals surface area contributed by atoms with Gasteiger partial charge in [-0.15, -0.1) is 0 Å². The number of imidazole rings is 1. The molecule has 4 rings (SSSR count). The molecule has 7 heteroatoms. The molecule has 0 spiro atoms. The molecule has 7 nitrogen and oxygen atoms in total. The van der Waals surface area contributed by atoms with Crippen molar-refractivity contribution in [3.8, 4) is 11.4 Å². The second-order valence-corrected chi connectivity index (χ2v) is 8.20. The molecule has 2 aromatic heterocycles. The Morgan fingerprint density at radius 3 is 2.47 bits per heavy atom. The van der Waals surface area contributed by atoms with E-state index in [4.69, 9.17) is 4.98 Å². The number of fused-ring (bicyclic) bond motifs is 1. The van der Waals surface area contributed by atoms with Gasteiger partial charge >= 0.3 is 0 Å². The standard InChI is InChI=1S/C25H27N5O2/c1-15-21(16(2)27-22(15)25(32)26-12-13-30(3)4)24-28-19-11-10-18(14-20(19)29-24)23(31)17-8-6-5-7-9-17/h5-11,14,27H,12-13H2,1-4H3,(H,26,32)(H,28,29). The van der Waals surface area contributed by atoms with E-state index in [2.05, 4.69) is 15.3 Å². The van der Waals surface area contributed by atoms with Crippen LogP contribution in [0.3, 0.4) is 0 Å². The molecular weight excluding hydrogens is 402 g/mol. The van der Waals surface area contributed by atoms with E-state index in [9.17, 15) is 9.59 Å². The van der Waals surface area contributed by atoms with E-state index in [1.165, 1.54) is 0 Å². The molecule has 0 unspecified atom stereocenters. The highest BCUT2D eigenvalue weighted by atomic mass is 16.2. The van der Waals surface area contributed by atoms with Crippen molar-refractivity contribution in [1.29, 1.82) is 0 Å². The molecule has 2 heterocycles. The average Bonchev–Trinajstić information content (AvgIpc) is 3.32. The summed E-state index contributed by atoms with van der Waals surface area (Å²) in [5.41, 5.74) is 5.90. The van der Waals surface area contributed by atoms with Gasteiger partial charge < -0.3 is 20.2 Å². The summed E-state index contributed by atoms with van der Waals surface area (Å²) in [4.78, 5) is 38.7. The fourth-order valence-corrected chi connectivity index (χ4v) is 3.84. The zero-order valence-electron chi connectivity index (χ0n) is 18.7. The number of aromatic nitrogens is 3. The minimum Gasteiger partial charge on any atom is -0.354 e. The summed E-state index contributed by atoms with van der Waals surface area (Å²) in [6.07, 6.45) is 0. The van der Waals surface area contributed by atoms with Crippen LogP contribution in [-0.4, -0.2) is 58.7 Å². The van der Waals surface area contributed by atoms with E-state index in [1.54, 1.807) is 6.07 Å². The van der Waals surface area contributed by atoms with Gasteiger partial charge in [-0.1, -0.05) is 30.3 Å². The molecule has 0 aliphatic rings. The number of benzene rings is 2. The highest BCUT2D eigenvalue weighted by Crippen LogP contribution is 2.29. The lowest BCUT2D eigenvalue weighted by Gasteiger charge is -2.10. The van der Waals surface area contributed by atoms with Crippen LogP contribution in [0.15, 0.2) is 48.5 Å². The number of carbonyl (C=O) groups is 2. The fraction of sp³-hybridized carbons (Fsp3) is 0.240. The number of nitrogens with zero attached hydrogens (tertiary/aromatic N) is 2. The van der Waals surface area contributed by atoms with E-state index in [-0.39, 0.29) is 11.7 Å². The quantitative estimate of drug-likeness (QED) is 0.391. The minimum atomic E-state index is -0.134. The van der Waals surface area contributed by atoms with Crippen molar-refractivity contribution in [2.45, 2.75) is 13.8 Å². The van der Waals surface area contributed by atoms with Gasteiger partial charge in [-0.05, 0) is 51.7 Å². The first kappa shape index (κ1) is 21.5. The molecule has 0 fully saturated rings. The Hall–Kier alpha value is -3.71. The molecule has 0 saturated heterocycles. The van der Waals surface area contributed by atoms with E-state index >= 15 is 0 Å². The van der Waals surface area contributed by atoms with E-state index in [0.717, 1.165) is 34.4 Å². The highest BCUT2D eigenvalue weighted by molar-refractivity contribution is 6.10. The number of hydrogen-bond acceptors (Lipinski definition) is 4. The van der Waals surface area contributed by atoms with E-state index < -0.39 is 0 Å². The van der Waals surface area contributed by atoms with Crippen LogP contribution in [0.5, 0.6) is 0 Å². The molecule has 4 aromatic rings. The van der Waals surface area contributed by atoms with Crippen LogP contribution in [0.25, 0.3) is 22.4 Å². The van der Waals surface area contributed by atoms with Crippen LogP contribution >= 0.6 is 0 Å². The summed E-state index contributed by atoms with van der Waals surface area (Å²) in [6, 6.07) is 14.7. The Morgan fingerprint density at radius 2 is 1.75 bits per heavy atom. The van der Waals surface area contributed by atoms with Crippen LogP contribution < -0.4 is 5.32 Å². The molecule has 2 aromatic carbocycles. The first-order chi connectivity index (χ1) is 15.3. The summed E-state index contributed by atoms with van der Waals surface area (Å²) < 4.78 is 0. The van der Waals surface area contributed by atoms with Gasteiger partial charge in [0.25, 0.3) is 5.91 Å². The van der Waals surface area contributed by atoms with Crippen LogP contribution in [0.4, 0.5) is 0 Å². The number of aromatic amines is 2. The number of amides is 1. The number of ketones is 1. The Kier molecular flexibility index (Phi) is 5.92. The normalized spacial score (nSPS) is 11.3. The maximum atomic E-state index is 12.8. The third-order valence-electron chi connectivity index (χ3n) is 5.53. The number of likely N-dealkylation sites (N-methyl/N-ethyl adjacent to an activating group) is 1. The molecule has 164 valence electrons. The fourth-order valence-electron chi connectivity index (χ4n) is 3.84. The Labute approximate surface area is 186 Å². The predicted octanol–water partition coefficient (Wildman–Crippen LogP) is 3.70. The van der Waals surface area contributed by atoms with Gasteiger partial charge in [0.2, 0.25) is 0 Å². The number of aryl methyl sites for hydroxylation is 1. The summed E-state index contributed by atoms with van der Waals surface area (Å²) in [6.45, 7) is 5.18. The second-order valence-electron chi connectivity index (χ2n) is 8.20. The molecule has 0 saturated carbocycles. The summed E-state index contributed by atoms with van der Waals surface area (Å²) in [5, 5.41) is 2.95.